The summed E-state index contributed by atoms with van der Waals surface area (Å²) in [6.07, 6.45) is 1.17. The molecule has 0 aliphatic carbocycles. The molecular weight excluding hydrogens is 238 g/mol. The quantitative estimate of drug-likeness (QED) is 0.849. The van der Waals surface area contributed by atoms with Gasteiger partial charge in [0, 0.05) is 18.2 Å². The fourth-order valence-corrected chi connectivity index (χ4v) is 1.91. The number of nitrogens with zero attached hydrogens (tertiary/aromatic N) is 2. The summed E-state index contributed by atoms with van der Waals surface area (Å²) in [6.45, 7) is 4.99. The van der Waals surface area contributed by atoms with E-state index in [2.05, 4.69) is 6.07 Å². The maximum absolute atomic E-state index is 12.4. The molecule has 0 heterocycles. The predicted octanol–water partition coefficient (Wildman–Crippen LogP) is 1.95. The average Bonchev–Trinajstić information content (AvgIpc) is 2.40. The zero-order valence-corrected chi connectivity index (χ0v) is 11.6. The first-order valence-electron chi connectivity index (χ1n) is 6.57. The summed E-state index contributed by atoms with van der Waals surface area (Å²) >= 11 is 0. The van der Waals surface area contributed by atoms with Crippen LogP contribution >= 0.6 is 0 Å². The van der Waals surface area contributed by atoms with Crippen LogP contribution in [0.25, 0.3) is 0 Å². The molecule has 19 heavy (non-hydrogen) atoms. The van der Waals surface area contributed by atoms with Crippen LogP contribution in [0.1, 0.15) is 36.2 Å². The van der Waals surface area contributed by atoms with Crippen LogP contribution in [0.2, 0.25) is 0 Å². The van der Waals surface area contributed by atoms with Crippen molar-refractivity contribution >= 4 is 5.91 Å². The highest BCUT2D eigenvalue weighted by molar-refractivity contribution is 5.94. The Kier molecular flexibility index (Phi) is 6.04. The molecule has 1 amide bonds. The van der Waals surface area contributed by atoms with Crippen LogP contribution in [0.15, 0.2) is 24.3 Å². The first kappa shape index (κ1) is 15.2. The van der Waals surface area contributed by atoms with Crippen LogP contribution in [0.5, 0.6) is 0 Å². The van der Waals surface area contributed by atoms with Gasteiger partial charge in [-0.15, -0.1) is 0 Å². The van der Waals surface area contributed by atoms with E-state index in [1.807, 2.05) is 38.1 Å². The summed E-state index contributed by atoms with van der Waals surface area (Å²) in [5, 5.41) is 8.64. The largest absolute Gasteiger partial charge is 0.335 e. The van der Waals surface area contributed by atoms with E-state index in [0.717, 1.165) is 12.0 Å². The number of amides is 1. The monoisotopic (exact) mass is 259 g/mol. The standard InChI is InChI=1S/C15H21N3O/c1-12(2)18(11-3-9-16)15(19)14-6-4-13(5-7-14)8-10-17/h4-7,12H,3,8,10-11,17H2,1-2H3. The average molecular weight is 259 g/mol. The molecule has 0 fully saturated rings. The van der Waals surface area contributed by atoms with Crippen LogP contribution in [0.4, 0.5) is 0 Å². The summed E-state index contributed by atoms with van der Waals surface area (Å²) in [7, 11) is 0. The lowest BCUT2D eigenvalue weighted by Crippen LogP contribution is -2.37. The minimum atomic E-state index is -0.0236. The van der Waals surface area contributed by atoms with Gasteiger partial charge in [0.1, 0.15) is 0 Å². The molecule has 1 aromatic carbocycles. The normalized spacial score (nSPS) is 10.3. The molecule has 4 heteroatoms. The maximum Gasteiger partial charge on any atom is 0.254 e. The summed E-state index contributed by atoms with van der Waals surface area (Å²) < 4.78 is 0. The first-order valence-corrected chi connectivity index (χ1v) is 6.57. The van der Waals surface area contributed by atoms with Crippen molar-refractivity contribution in [3.05, 3.63) is 35.4 Å². The lowest BCUT2D eigenvalue weighted by atomic mass is 10.1. The van der Waals surface area contributed by atoms with Gasteiger partial charge in [-0.05, 0) is 44.5 Å². The van der Waals surface area contributed by atoms with E-state index in [-0.39, 0.29) is 11.9 Å². The third-order valence-electron chi connectivity index (χ3n) is 2.98. The predicted molar refractivity (Wildman–Crippen MR) is 75.6 cm³/mol. The van der Waals surface area contributed by atoms with Gasteiger partial charge in [-0.3, -0.25) is 4.79 Å². The fourth-order valence-electron chi connectivity index (χ4n) is 1.91. The highest BCUT2D eigenvalue weighted by Gasteiger charge is 2.18. The van der Waals surface area contributed by atoms with Crippen LogP contribution in [-0.2, 0) is 6.42 Å². The maximum atomic E-state index is 12.4. The highest BCUT2D eigenvalue weighted by atomic mass is 16.2. The Bertz CT molecular complexity index is 445. The van der Waals surface area contributed by atoms with E-state index in [0.29, 0.717) is 25.1 Å². The summed E-state index contributed by atoms with van der Waals surface area (Å²) in [5.41, 5.74) is 7.29. The van der Waals surface area contributed by atoms with Crippen molar-refractivity contribution in [2.24, 2.45) is 5.73 Å². The lowest BCUT2D eigenvalue weighted by molar-refractivity contribution is 0.0710. The van der Waals surface area contributed by atoms with Gasteiger partial charge in [0.25, 0.3) is 5.91 Å². The fraction of sp³-hybridized carbons (Fsp3) is 0.467. The van der Waals surface area contributed by atoms with Crippen molar-refractivity contribution < 1.29 is 4.79 Å². The Morgan fingerprint density at radius 3 is 2.47 bits per heavy atom. The number of benzene rings is 1. The number of carbonyl (C=O) groups is 1. The first-order chi connectivity index (χ1) is 9.10. The molecule has 0 atom stereocenters. The van der Waals surface area contributed by atoms with Crippen LogP contribution in [0, 0.1) is 11.3 Å². The zero-order chi connectivity index (χ0) is 14.3. The number of nitrogens with two attached hydrogens (primary N) is 1. The van der Waals surface area contributed by atoms with Crippen molar-refractivity contribution in [3.63, 3.8) is 0 Å². The second kappa shape index (κ2) is 7.55. The minimum absolute atomic E-state index is 0.0236. The molecule has 2 N–H and O–H groups in total. The molecule has 0 unspecified atom stereocenters. The highest BCUT2D eigenvalue weighted by Crippen LogP contribution is 2.11. The Hall–Kier alpha value is -1.86. The number of carbonyl (C=O) groups excluding carboxylic acids is 1. The molecule has 4 nitrogen and oxygen atoms in total. The molecule has 0 spiro atoms. The van der Waals surface area contributed by atoms with Crippen molar-refractivity contribution in [1.29, 1.82) is 5.26 Å². The number of hydrogen-bond acceptors (Lipinski definition) is 3. The van der Waals surface area contributed by atoms with Gasteiger partial charge >= 0.3 is 0 Å². The van der Waals surface area contributed by atoms with E-state index in [4.69, 9.17) is 11.0 Å². The molecule has 0 saturated heterocycles. The number of hydrogen-bond donors (Lipinski definition) is 1. The molecule has 0 aromatic heterocycles. The molecule has 0 saturated carbocycles. The van der Waals surface area contributed by atoms with E-state index < -0.39 is 0 Å². The van der Waals surface area contributed by atoms with Crippen molar-refractivity contribution in [1.82, 2.24) is 4.90 Å². The van der Waals surface area contributed by atoms with Crippen molar-refractivity contribution in [2.75, 3.05) is 13.1 Å². The SMILES string of the molecule is CC(C)N(CCC#N)C(=O)c1ccc(CCN)cc1. The minimum Gasteiger partial charge on any atom is -0.335 e. The van der Waals surface area contributed by atoms with Gasteiger partial charge in [0.15, 0.2) is 0 Å². The third kappa shape index (κ3) is 4.38. The Labute approximate surface area is 114 Å². The van der Waals surface area contributed by atoms with Gasteiger partial charge in [-0.25, -0.2) is 0 Å². The number of nitriles is 1. The molecular formula is C15H21N3O. The van der Waals surface area contributed by atoms with Crippen LogP contribution in [-0.4, -0.2) is 29.9 Å². The Morgan fingerprint density at radius 1 is 1.37 bits per heavy atom. The molecule has 102 valence electrons. The molecule has 0 aliphatic heterocycles. The molecule has 1 aromatic rings. The van der Waals surface area contributed by atoms with Gasteiger partial charge < -0.3 is 10.6 Å². The smallest absolute Gasteiger partial charge is 0.254 e. The van der Waals surface area contributed by atoms with Gasteiger partial charge in [-0.1, -0.05) is 12.1 Å². The van der Waals surface area contributed by atoms with Crippen molar-refractivity contribution in [2.45, 2.75) is 32.7 Å². The molecule has 1 rings (SSSR count). The molecule has 0 bridgehead atoms. The second-order valence-corrected chi connectivity index (χ2v) is 4.74. The van der Waals surface area contributed by atoms with Gasteiger partial charge in [0.05, 0.1) is 12.5 Å². The number of rotatable bonds is 6. The Balaban J connectivity index is 2.81. The zero-order valence-electron chi connectivity index (χ0n) is 11.6. The second-order valence-electron chi connectivity index (χ2n) is 4.74. The van der Waals surface area contributed by atoms with E-state index in [1.165, 1.54) is 0 Å². The lowest BCUT2D eigenvalue weighted by Gasteiger charge is -2.26. The third-order valence-corrected chi connectivity index (χ3v) is 2.98. The van der Waals surface area contributed by atoms with E-state index in [9.17, 15) is 4.79 Å². The summed E-state index contributed by atoms with van der Waals surface area (Å²) in [5.74, 6) is -0.0236. The topological polar surface area (TPSA) is 70.1 Å². The summed E-state index contributed by atoms with van der Waals surface area (Å²) in [4.78, 5) is 14.1. The van der Waals surface area contributed by atoms with E-state index >= 15 is 0 Å². The Morgan fingerprint density at radius 2 is 2.00 bits per heavy atom. The summed E-state index contributed by atoms with van der Waals surface area (Å²) in [6, 6.07) is 9.69. The molecule has 0 aliphatic rings. The van der Waals surface area contributed by atoms with Crippen molar-refractivity contribution in [3.8, 4) is 6.07 Å². The van der Waals surface area contributed by atoms with Crippen LogP contribution in [0.3, 0.4) is 0 Å². The molecule has 0 radical (unpaired) electrons. The van der Waals surface area contributed by atoms with Crippen LogP contribution < -0.4 is 5.73 Å². The van der Waals surface area contributed by atoms with E-state index in [1.54, 1.807) is 4.90 Å². The van der Waals surface area contributed by atoms with Gasteiger partial charge in [-0.2, -0.15) is 5.26 Å². The van der Waals surface area contributed by atoms with Gasteiger partial charge in [0.2, 0.25) is 0 Å².